The number of carbonyl (C=O) groups excluding carboxylic acids is 1. The summed E-state index contributed by atoms with van der Waals surface area (Å²) >= 11 is 0. The third-order valence-electron chi connectivity index (χ3n) is 3.46. The van der Waals surface area contributed by atoms with E-state index in [4.69, 9.17) is 15.2 Å². The molecule has 5 nitrogen and oxygen atoms in total. The van der Waals surface area contributed by atoms with E-state index in [1.165, 1.54) is 0 Å². The van der Waals surface area contributed by atoms with Gasteiger partial charge in [-0.1, -0.05) is 18.2 Å². The molecule has 0 spiro atoms. The molecule has 0 radical (unpaired) electrons. The highest BCUT2D eigenvalue weighted by molar-refractivity contribution is 5.80. The molecular formula is C15H22N2O3. The van der Waals surface area contributed by atoms with Gasteiger partial charge in [-0.05, 0) is 25.0 Å². The van der Waals surface area contributed by atoms with Crippen molar-refractivity contribution >= 4 is 5.91 Å². The summed E-state index contributed by atoms with van der Waals surface area (Å²) in [6.45, 7) is 1.49. The molecule has 2 atom stereocenters. The van der Waals surface area contributed by atoms with Gasteiger partial charge >= 0.3 is 0 Å². The van der Waals surface area contributed by atoms with Gasteiger partial charge in [0.05, 0.1) is 12.6 Å². The third kappa shape index (κ3) is 3.95. The van der Waals surface area contributed by atoms with Gasteiger partial charge < -0.3 is 20.1 Å². The van der Waals surface area contributed by atoms with E-state index in [2.05, 4.69) is 0 Å². The Bertz CT molecular complexity index is 424. The first-order valence-electron chi connectivity index (χ1n) is 6.99. The number of nitrogens with two attached hydrogens (primary N) is 1. The Morgan fingerprint density at radius 2 is 2.15 bits per heavy atom. The second-order valence-electron chi connectivity index (χ2n) is 4.98. The standard InChI is InChI=1S/C15H22N2O3/c1-17(9-10-19-12-5-3-2-4-6-12)15(18)14-8-7-13(11-16)20-14/h2-6,13-14H,7-11,16H2,1H3. The average Bonchev–Trinajstić information content (AvgIpc) is 2.96. The van der Waals surface area contributed by atoms with Crippen molar-refractivity contribution in [3.63, 3.8) is 0 Å². The monoisotopic (exact) mass is 278 g/mol. The van der Waals surface area contributed by atoms with Crippen LogP contribution in [0.3, 0.4) is 0 Å². The van der Waals surface area contributed by atoms with Crippen LogP contribution >= 0.6 is 0 Å². The Kier molecular flexibility index (Phi) is 5.38. The van der Waals surface area contributed by atoms with Gasteiger partial charge in [-0.2, -0.15) is 0 Å². The number of hydrogen-bond donors (Lipinski definition) is 1. The van der Waals surface area contributed by atoms with E-state index in [-0.39, 0.29) is 18.1 Å². The maximum atomic E-state index is 12.2. The summed E-state index contributed by atoms with van der Waals surface area (Å²) in [5.74, 6) is 0.825. The number of rotatable bonds is 6. The van der Waals surface area contributed by atoms with Crippen LogP contribution in [0, 0.1) is 0 Å². The van der Waals surface area contributed by atoms with E-state index < -0.39 is 0 Å². The predicted octanol–water partition coefficient (Wildman–Crippen LogP) is 1.03. The number of nitrogens with zero attached hydrogens (tertiary/aromatic N) is 1. The summed E-state index contributed by atoms with van der Waals surface area (Å²) < 4.78 is 11.2. The molecule has 1 aromatic rings. The van der Waals surface area contributed by atoms with Gasteiger partial charge in [0.15, 0.2) is 0 Å². The average molecular weight is 278 g/mol. The van der Waals surface area contributed by atoms with Crippen molar-refractivity contribution in [3.05, 3.63) is 30.3 Å². The lowest BCUT2D eigenvalue weighted by Gasteiger charge is -2.21. The van der Waals surface area contributed by atoms with Gasteiger partial charge in [0.2, 0.25) is 0 Å². The van der Waals surface area contributed by atoms with Crippen LogP contribution in [0.25, 0.3) is 0 Å². The Morgan fingerprint density at radius 1 is 1.40 bits per heavy atom. The van der Waals surface area contributed by atoms with Crippen LogP contribution in [0.15, 0.2) is 30.3 Å². The highest BCUT2D eigenvalue weighted by atomic mass is 16.5. The molecule has 1 aliphatic rings. The number of carbonyl (C=O) groups is 1. The van der Waals surface area contributed by atoms with Crippen molar-refractivity contribution in [1.82, 2.24) is 4.90 Å². The van der Waals surface area contributed by atoms with Crippen molar-refractivity contribution in [2.24, 2.45) is 5.73 Å². The minimum Gasteiger partial charge on any atom is -0.492 e. The number of likely N-dealkylation sites (N-methyl/N-ethyl adjacent to an activating group) is 1. The SMILES string of the molecule is CN(CCOc1ccccc1)C(=O)C1CCC(CN)O1. The zero-order valence-electron chi connectivity index (χ0n) is 11.8. The normalized spacial score (nSPS) is 21.7. The van der Waals surface area contributed by atoms with Crippen molar-refractivity contribution in [1.29, 1.82) is 0 Å². The second kappa shape index (κ2) is 7.26. The quantitative estimate of drug-likeness (QED) is 0.844. The highest BCUT2D eigenvalue weighted by Gasteiger charge is 2.31. The van der Waals surface area contributed by atoms with E-state index in [1.54, 1.807) is 11.9 Å². The molecule has 0 aromatic heterocycles. The fourth-order valence-electron chi connectivity index (χ4n) is 2.23. The first kappa shape index (κ1) is 14.8. The van der Waals surface area contributed by atoms with Gasteiger partial charge in [0.25, 0.3) is 5.91 Å². The molecule has 1 amide bonds. The lowest BCUT2D eigenvalue weighted by atomic mass is 10.2. The van der Waals surface area contributed by atoms with Crippen LogP contribution in [-0.2, 0) is 9.53 Å². The molecule has 1 aromatic carbocycles. The summed E-state index contributed by atoms with van der Waals surface area (Å²) in [5, 5.41) is 0. The zero-order chi connectivity index (χ0) is 14.4. The second-order valence-corrected chi connectivity index (χ2v) is 4.98. The molecule has 1 saturated heterocycles. The third-order valence-corrected chi connectivity index (χ3v) is 3.46. The van der Waals surface area contributed by atoms with Crippen molar-refractivity contribution in [2.75, 3.05) is 26.7 Å². The summed E-state index contributed by atoms with van der Waals surface area (Å²) in [6.07, 6.45) is 1.30. The summed E-state index contributed by atoms with van der Waals surface area (Å²) in [5.41, 5.74) is 5.55. The van der Waals surface area contributed by atoms with Crippen LogP contribution in [0.5, 0.6) is 5.75 Å². The van der Waals surface area contributed by atoms with Crippen LogP contribution in [0.4, 0.5) is 0 Å². The van der Waals surface area contributed by atoms with Gasteiger partial charge in [0, 0.05) is 13.6 Å². The minimum atomic E-state index is -0.342. The smallest absolute Gasteiger partial charge is 0.251 e. The Labute approximate surface area is 119 Å². The predicted molar refractivity (Wildman–Crippen MR) is 76.5 cm³/mol. The number of ether oxygens (including phenoxy) is 2. The topological polar surface area (TPSA) is 64.8 Å². The van der Waals surface area contributed by atoms with Crippen LogP contribution < -0.4 is 10.5 Å². The molecule has 0 saturated carbocycles. The first-order chi connectivity index (χ1) is 9.70. The van der Waals surface area contributed by atoms with Gasteiger partial charge in [-0.3, -0.25) is 4.79 Å². The number of para-hydroxylation sites is 1. The fourth-order valence-corrected chi connectivity index (χ4v) is 2.23. The summed E-state index contributed by atoms with van der Waals surface area (Å²) in [7, 11) is 1.77. The molecule has 1 fully saturated rings. The molecule has 2 unspecified atom stereocenters. The first-order valence-corrected chi connectivity index (χ1v) is 6.99. The lowest BCUT2D eigenvalue weighted by Crippen LogP contribution is -2.39. The fraction of sp³-hybridized carbons (Fsp3) is 0.533. The van der Waals surface area contributed by atoms with Gasteiger partial charge in [-0.15, -0.1) is 0 Å². The van der Waals surface area contributed by atoms with E-state index in [0.29, 0.717) is 19.7 Å². The Balaban J connectivity index is 1.72. The molecule has 0 aliphatic carbocycles. The van der Waals surface area contributed by atoms with Crippen molar-refractivity contribution in [3.8, 4) is 5.75 Å². The molecule has 20 heavy (non-hydrogen) atoms. The molecule has 0 bridgehead atoms. The van der Waals surface area contributed by atoms with Crippen LogP contribution in [0.1, 0.15) is 12.8 Å². The molecule has 110 valence electrons. The zero-order valence-corrected chi connectivity index (χ0v) is 11.8. The molecule has 2 rings (SSSR count). The number of hydrogen-bond acceptors (Lipinski definition) is 4. The maximum absolute atomic E-state index is 12.2. The largest absolute Gasteiger partial charge is 0.492 e. The van der Waals surface area contributed by atoms with Gasteiger partial charge in [-0.25, -0.2) is 0 Å². The molecule has 5 heteroatoms. The molecule has 1 heterocycles. The van der Waals surface area contributed by atoms with E-state index in [0.717, 1.165) is 18.6 Å². The van der Waals surface area contributed by atoms with Crippen molar-refractivity contribution < 1.29 is 14.3 Å². The maximum Gasteiger partial charge on any atom is 0.251 e. The summed E-state index contributed by atoms with van der Waals surface area (Å²) in [4.78, 5) is 13.8. The van der Waals surface area contributed by atoms with Crippen LogP contribution in [-0.4, -0.2) is 49.8 Å². The molecular weight excluding hydrogens is 256 g/mol. The van der Waals surface area contributed by atoms with E-state index >= 15 is 0 Å². The van der Waals surface area contributed by atoms with Gasteiger partial charge in [0.1, 0.15) is 18.5 Å². The summed E-state index contributed by atoms with van der Waals surface area (Å²) in [6, 6.07) is 9.57. The number of amides is 1. The van der Waals surface area contributed by atoms with Crippen molar-refractivity contribution in [2.45, 2.75) is 25.0 Å². The Morgan fingerprint density at radius 3 is 2.80 bits per heavy atom. The van der Waals surface area contributed by atoms with E-state index in [9.17, 15) is 4.79 Å². The Hall–Kier alpha value is -1.59. The van der Waals surface area contributed by atoms with Crippen LogP contribution in [0.2, 0.25) is 0 Å². The molecule has 1 aliphatic heterocycles. The minimum absolute atomic E-state index is 0.0117. The number of benzene rings is 1. The molecule has 2 N–H and O–H groups in total. The lowest BCUT2D eigenvalue weighted by molar-refractivity contribution is -0.141. The highest BCUT2D eigenvalue weighted by Crippen LogP contribution is 2.20. The van der Waals surface area contributed by atoms with E-state index in [1.807, 2.05) is 30.3 Å².